The van der Waals surface area contributed by atoms with Gasteiger partial charge in [0.1, 0.15) is 17.4 Å². The minimum Gasteiger partial charge on any atom is -0.291 e. The van der Waals surface area contributed by atoms with Crippen LogP contribution in [0.3, 0.4) is 0 Å². The molecule has 0 aliphatic rings. The van der Waals surface area contributed by atoms with Crippen LogP contribution in [0.4, 0.5) is 0 Å². The Balaban J connectivity index is 1.93. The Morgan fingerprint density at radius 3 is 2.58 bits per heavy atom. The molecule has 0 fully saturated rings. The van der Waals surface area contributed by atoms with Gasteiger partial charge in [0, 0.05) is 17.5 Å². The number of hydrogen-bond donors (Lipinski definition) is 0. The lowest BCUT2D eigenvalue weighted by atomic mass is 9.98. The van der Waals surface area contributed by atoms with Gasteiger partial charge in [-0.1, -0.05) is 30.3 Å². The fourth-order valence-electron chi connectivity index (χ4n) is 2.87. The van der Waals surface area contributed by atoms with E-state index in [9.17, 15) is 5.26 Å². The first-order valence-electron chi connectivity index (χ1n) is 7.67. The third-order valence-electron chi connectivity index (χ3n) is 4.02. The highest BCUT2D eigenvalue weighted by molar-refractivity contribution is 5.82. The Morgan fingerprint density at radius 2 is 1.79 bits per heavy atom. The van der Waals surface area contributed by atoms with Gasteiger partial charge in [0.15, 0.2) is 0 Å². The lowest BCUT2D eigenvalue weighted by molar-refractivity contribution is 1.15. The van der Waals surface area contributed by atoms with Gasteiger partial charge in [-0.05, 0) is 42.3 Å². The zero-order valence-corrected chi connectivity index (χ0v) is 13.1. The fraction of sp³-hybridized carbons (Fsp3) is 0.0500. The van der Waals surface area contributed by atoms with Crippen LogP contribution >= 0.6 is 0 Å². The minimum atomic E-state index is 0.526. The number of pyridine rings is 2. The molecule has 4 nitrogen and oxygen atoms in total. The van der Waals surface area contributed by atoms with Crippen LogP contribution in [0.25, 0.3) is 28.0 Å². The van der Waals surface area contributed by atoms with Gasteiger partial charge in [-0.15, -0.1) is 0 Å². The summed E-state index contributed by atoms with van der Waals surface area (Å²) >= 11 is 0. The number of aromatic nitrogens is 3. The third kappa shape index (κ3) is 2.33. The smallest absolute Gasteiger partial charge is 0.144 e. The van der Waals surface area contributed by atoms with E-state index in [-0.39, 0.29) is 0 Å². The summed E-state index contributed by atoms with van der Waals surface area (Å²) in [7, 11) is 0. The average Bonchev–Trinajstić information content (AvgIpc) is 3.04. The first kappa shape index (κ1) is 14.2. The average molecular weight is 310 g/mol. The number of nitrogens with zero attached hydrogens (tertiary/aromatic N) is 4. The van der Waals surface area contributed by atoms with Crippen LogP contribution in [0.2, 0.25) is 0 Å². The second kappa shape index (κ2) is 5.64. The largest absolute Gasteiger partial charge is 0.291 e. The molecule has 3 aromatic heterocycles. The monoisotopic (exact) mass is 310 g/mol. The van der Waals surface area contributed by atoms with Crippen molar-refractivity contribution >= 4 is 5.65 Å². The van der Waals surface area contributed by atoms with Crippen molar-refractivity contribution in [2.45, 2.75) is 6.92 Å². The van der Waals surface area contributed by atoms with Gasteiger partial charge in [0.25, 0.3) is 0 Å². The molecule has 0 N–H and O–H groups in total. The highest BCUT2D eigenvalue weighted by Crippen LogP contribution is 2.31. The van der Waals surface area contributed by atoms with Gasteiger partial charge >= 0.3 is 0 Å². The van der Waals surface area contributed by atoms with Gasteiger partial charge in [0.05, 0.1) is 11.9 Å². The van der Waals surface area contributed by atoms with E-state index in [0.29, 0.717) is 5.69 Å². The van der Waals surface area contributed by atoms with Crippen molar-refractivity contribution in [2.24, 2.45) is 0 Å². The molecular formula is C20H14N4. The van der Waals surface area contributed by atoms with E-state index in [2.05, 4.69) is 28.2 Å². The molecule has 3 heterocycles. The summed E-state index contributed by atoms with van der Waals surface area (Å²) in [6.07, 6.45) is 3.54. The molecule has 0 saturated heterocycles. The van der Waals surface area contributed by atoms with Crippen LogP contribution in [0.5, 0.6) is 0 Å². The Kier molecular flexibility index (Phi) is 3.33. The molecule has 0 spiro atoms. The number of imidazole rings is 1. The molecule has 4 rings (SSSR count). The van der Waals surface area contributed by atoms with E-state index in [4.69, 9.17) is 0 Å². The third-order valence-corrected chi connectivity index (χ3v) is 4.02. The van der Waals surface area contributed by atoms with Crippen LogP contribution in [-0.2, 0) is 0 Å². The normalized spacial score (nSPS) is 10.7. The van der Waals surface area contributed by atoms with Crippen molar-refractivity contribution in [1.82, 2.24) is 14.4 Å². The molecule has 0 unspecified atom stereocenters. The van der Waals surface area contributed by atoms with E-state index in [1.54, 1.807) is 6.20 Å². The summed E-state index contributed by atoms with van der Waals surface area (Å²) in [6.45, 7) is 1.99. The van der Waals surface area contributed by atoms with Gasteiger partial charge in [0.2, 0.25) is 0 Å². The Labute approximate surface area is 139 Å². The molecule has 0 bridgehead atoms. The van der Waals surface area contributed by atoms with Crippen LogP contribution in [-0.4, -0.2) is 14.4 Å². The predicted molar refractivity (Wildman–Crippen MR) is 93.3 cm³/mol. The van der Waals surface area contributed by atoms with Crippen LogP contribution in [0.15, 0.2) is 67.0 Å². The molecule has 0 atom stereocenters. The Bertz CT molecular complexity index is 1090. The maximum Gasteiger partial charge on any atom is 0.144 e. The number of aryl methyl sites for hydroxylation is 1. The number of rotatable bonds is 2. The van der Waals surface area contributed by atoms with Crippen molar-refractivity contribution in [3.05, 3.63) is 78.4 Å². The molecule has 0 amide bonds. The molecule has 0 radical (unpaired) electrons. The number of nitriles is 1. The predicted octanol–water partition coefficient (Wildman–Crippen LogP) is 4.24. The zero-order valence-electron chi connectivity index (χ0n) is 13.1. The van der Waals surface area contributed by atoms with Crippen molar-refractivity contribution in [3.8, 4) is 28.5 Å². The molecule has 4 heteroatoms. The second-order valence-electron chi connectivity index (χ2n) is 5.61. The number of fused-ring (bicyclic) bond motifs is 1. The maximum absolute atomic E-state index is 9.23. The molecule has 4 aromatic rings. The minimum absolute atomic E-state index is 0.526. The first-order chi connectivity index (χ1) is 11.8. The van der Waals surface area contributed by atoms with Gasteiger partial charge < -0.3 is 0 Å². The summed E-state index contributed by atoms with van der Waals surface area (Å²) in [5.74, 6) is 0. The van der Waals surface area contributed by atoms with Gasteiger partial charge in [-0.3, -0.25) is 9.38 Å². The standard InChI is InChI=1S/C20H14N4/c1-14-5-4-8-19(23-14)18-7-3-2-6-17(18)15-9-10-20-22-12-16(11-21)24(20)13-15/h2-10,12-13H,1H3. The maximum atomic E-state index is 9.23. The lowest BCUT2D eigenvalue weighted by Gasteiger charge is -2.10. The molecule has 0 aliphatic heterocycles. The second-order valence-corrected chi connectivity index (χ2v) is 5.61. The molecule has 24 heavy (non-hydrogen) atoms. The van der Waals surface area contributed by atoms with Crippen molar-refractivity contribution in [1.29, 1.82) is 5.26 Å². The van der Waals surface area contributed by atoms with Crippen molar-refractivity contribution in [3.63, 3.8) is 0 Å². The quantitative estimate of drug-likeness (QED) is 0.556. The van der Waals surface area contributed by atoms with Crippen molar-refractivity contribution < 1.29 is 0 Å². The molecular weight excluding hydrogens is 296 g/mol. The van der Waals surface area contributed by atoms with E-state index in [0.717, 1.165) is 33.7 Å². The lowest BCUT2D eigenvalue weighted by Crippen LogP contribution is -1.93. The Hall–Kier alpha value is -3.45. The van der Waals surface area contributed by atoms with Crippen LogP contribution in [0.1, 0.15) is 11.4 Å². The van der Waals surface area contributed by atoms with Gasteiger partial charge in [-0.25, -0.2) is 4.98 Å². The zero-order chi connectivity index (χ0) is 16.5. The highest BCUT2D eigenvalue weighted by Gasteiger charge is 2.10. The van der Waals surface area contributed by atoms with E-state index in [1.807, 2.05) is 60.0 Å². The highest BCUT2D eigenvalue weighted by atomic mass is 15.0. The van der Waals surface area contributed by atoms with Crippen LogP contribution < -0.4 is 0 Å². The van der Waals surface area contributed by atoms with E-state index >= 15 is 0 Å². The number of benzene rings is 1. The van der Waals surface area contributed by atoms with E-state index < -0.39 is 0 Å². The van der Waals surface area contributed by atoms with Gasteiger partial charge in [-0.2, -0.15) is 5.26 Å². The summed E-state index contributed by atoms with van der Waals surface area (Å²) in [6, 6.07) is 20.3. The fourth-order valence-corrected chi connectivity index (χ4v) is 2.87. The van der Waals surface area contributed by atoms with Crippen molar-refractivity contribution in [2.75, 3.05) is 0 Å². The molecule has 0 saturated carbocycles. The van der Waals surface area contributed by atoms with E-state index in [1.165, 1.54) is 0 Å². The summed E-state index contributed by atoms with van der Waals surface area (Å²) in [4.78, 5) is 8.89. The van der Waals surface area contributed by atoms with Crippen LogP contribution in [0, 0.1) is 18.3 Å². The number of hydrogen-bond acceptors (Lipinski definition) is 3. The summed E-state index contributed by atoms with van der Waals surface area (Å²) in [5.41, 5.74) is 6.39. The Morgan fingerprint density at radius 1 is 0.958 bits per heavy atom. The molecule has 114 valence electrons. The SMILES string of the molecule is Cc1cccc(-c2ccccc2-c2ccc3ncc(C#N)n3c2)n1. The summed E-state index contributed by atoms with van der Waals surface area (Å²) in [5, 5.41) is 9.23. The molecule has 1 aromatic carbocycles. The summed E-state index contributed by atoms with van der Waals surface area (Å²) < 4.78 is 1.82. The molecule has 0 aliphatic carbocycles. The topological polar surface area (TPSA) is 54.0 Å². The first-order valence-corrected chi connectivity index (χ1v) is 7.67.